The minimum absolute atomic E-state index is 0.280. The highest BCUT2D eigenvalue weighted by Crippen LogP contribution is 2.24. The van der Waals surface area contributed by atoms with Gasteiger partial charge in [0, 0.05) is 26.6 Å². The molecular weight excluding hydrogens is 424 g/mol. The highest BCUT2D eigenvalue weighted by Gasteiger charge is 2.24. The van der Waals surface area contributed by atoms with Gasteiger partial charge in [0.2, 0.25) is 0 Å². The normalized spacial score (nSPS) is 19.9. The van der Waals surface area contributed by atoms with Crippen LogP contribution in [-0.4, -0.2) is 53.5 Å². The molecule has 172 valence electrons. The van der Waals surface area contributed by atoms with Crippen molar-refractivity contribution >= 4 is 17.0 Å². The van der Waals surface area contributed by atoms with E-state index in [0.29, 0.717) is 37.1 Å². The molecule has 2 heterocycles. The summed E-state index contributed by atoms with van der Waals surface area (Å²) in [6.45, 7) is 0.978. The van der Waals surface area contributed by atoms with Crippen LogP contribution >= 0.6 is 0 Å². The van der Waals surface area contributed by atoms with Gasteiger partial charge in [0.1, 0.15) is 12.1 Å². The molecule has 1 unspecified atom stereocenters. The zero-order chi connectivity index (χ0) is 23.4. The smallest absolute Gasteiger partial charge is 0.408 e. The van der Waals surface area contributed by atoms with E-state index in [1.807, 2.05) is 36.4 Å². The van der Waals surface area contributed by atoms with Crippen molar-refractivity contribution in [2.45, 2.75) is 31.1 Å². The van der Waals surface area contributed by atoms with Crippen molar-refractivity contribution in [3.05, 3.63) is 58.6 Å². The summed E-state index contributed by atoms with van der Waals surface area (Å²) in [5.41, 5.74) is 4.06. The molecule has 0 radical (unpaired) electrons. The van der Waals surface area contributed by atoms with Crippen LogP contribution in [0.25, 0.3) is 22.2 Å². The van der Waals surface area contributed by atoms with Gasteiger partial charge < -0.3 is 24.9 Å². The molecule has 4 rings (SSSR count). The van der Waals surface area contributed by atoms with Gasteiger partial charge in [-0.25, -0.2) is 4.79 Å². The molecule has 0 aliphatic carbocycles. The molecule has 3 N–H and O–H groups in total. The van der Waals surface area contributed by atoms with E-state index < -0.39 is 24.0 Å². The van der Waals surface area contributed by atoms with Gasteiger partial charge in [-0.2, -0.15) is 5.26 Å². The number of nitrogens with zero attached hydrogens (tertiary/aromatic N) is 2. The number of nitriles is 1. The first-order valence-electron chi connectivity index (χ1n) is 10.8. The number of benzene rings is 2. The third-order valence-corrected chi connectivity index (χ3v) is 5.76. The molecule has 9 nitrogen and oxygen atoms in total. The average molecular weight is 450 g/mol. The molecule has 3 atom stereocenters. The Kier molecular flexibility index (Phi) is 6.89. The van der Waals surface area contributed by atoms with Crippen LogP contribution < -0.4 is 16.4 Å². The standard InChI is InChI=1S/C24H26N4O5/c1-28-20-11-17(6-7-21(20)33-24(28)31)16-4-2-15(3-5-16)10-18(12-25)27-23(30)22-14-26-13-19(29)8-9-32-22/h2-7,11,18-19,22,26,29H,8-10,13-14H2,1H3,(H,27,30)/t18-,19?,22-/m0/s1. The lowest BCUT2D eigenvalue weighted by atomic mass is 10.0. The minimum atomic E-state index is -0.704. The molecule has 2 aromatic carbocycles. The van der Waals surface area contributed by atoms with E-state index in [2.05, 4.69) is 16.7 Å². The highest BCUT2D eigenvalue weighted by atomic mass is 16.5. The molecule has 0 spiro atoms. The van der Waals surface area contributed by atoms with Gasteiger partial charge in [0.15, 0.2) is 5.58 Å². The van der Waals surface area contributed by atoms with Gasteiger partial charge in [0.25, 0.3) is 5.91 Å². The summed E-state index contributed by atoms with van der Waals surface area (Å²) < 4.78 is 12.2. The number of rotatable bonds is 5. The van der Waals surface area contributed by atoms with Crippen LogP contribution in [0.5, 0.6) is 0 Å². The summed E-state index contributed by atoms with van der Waals surface area (Å²) in [5, 5.41) is 24.9. The predicted octanol–water partition coefficient (Wildman–Crippen LogP) is 1.09. The van der Waals surface area contributed by atoms with Crippen LogP contribution in [0.3, 0.4) is 0 Å². The lowest BCUT2D eigenvalue weighted by Gasteiger charge is -2.24. The van der Waals surface area contributed by atoms with Gasteiger partial charge in [0.05, 0.1) is 24.3 Å². The number of aryl methyl sites for hydroxylation is 1. The summed E-state index contributed by atoms with van der Waals surface area (Å²) >= 11 is 0. The molecule has 1 aromatic heterocycles. The number of oxazole rings is 1. The van der Waals surface area contributed by atoms with Crippen molar-refractivity contribution in [1.82, 2.24) is 15.2 Å². The fourth-order valence-electron chi connectivity index (χ4n) is 3.83. The first-order chi connectivity index (χ1) is 15.9. The molecule has 3 aromatic rings. The molecule has 1 amide bonds. The molecule has 1 fully saturated rings. The fourth-order valence-corrected chi connectivity index (χ4v) is 3.83. The van der Waals surface area contributed by atoms with Gasteiger partial charge in [-0.3, -0.25) is 9.36 Å². The third kappa shape index (κ3) is 5.31. The van der Waals surface area contributed by atoms with E-state index in [1.54, 1.807) is 13.1 Å². The minimum Gasteiger partial charge on any atom is -0.408 e. The Labute approximate surface area is 190 Å². The second kappa shape index (κ2) is 10.0. The molecule has 33 heavy (non-hydrogen) atoms. The molecular formula is C24H26N4O5. The number of hydrogen-bond donors (Lipinski definition) is 3. The second-order valence-corrected chi connectivity index (χ2v) is 8.16. The Hall–Kier alpha value is -3.45. The van der Waals surface area contributed by atoms with Crippen molar-refractivity contribution < 1.29 is 19.1 Å². The first-order valence-corrected chi connectivity index (χ1v) is 10.8. The van der Waals surface area contributed by atoms with E-state index in [4.69, 9.17) is 9.15 Å². The van der Waals surface area contributed by atoms with Crippen LogP contribution in [0.2, 0.25) is 0 Å². The highest BCUT2D eigenvalue weighted by molar-refractivity contribution is 5.82. The summed E-state index contributed by atoms with van der Waals surface area (Å²) in [6, 6.07) is 14.7. The zero-order valence-corrected chi connectivity index (χ0v) is 18.3. The van der Waals surface area contributed by atoms with Crippen LogP contribution in [0.1, 0.15) is 12.0 Å². The summed E-state index contributed by atoms with van der Waals surface area (Å²) in [7, 11) is 1.67. The number of fused-ring (bicyclic) bond motifs is 1. The Morgan fingerprint density at radius 3 is 2.79 bits per heavy atom. The average Bonchev–Trinajstić information content (AvgIpc) is 3.09. The Bertz CT molecular complexity index is 1210. The second-order valence-electron chi connectivity index (χ2n) is 8.16. The molecule has 1 aliphatic heterocycles. The van der Waals surface area contributed by atoms with Gasteiger partial charge in [-0.15, -0.1) is 0 Å². The number of hydrogen-bond acceptors (Lipinski definition) is 7. The van der Waals surface area contributed by atoms with Crippen LogP contribution in [0.15, 0.2) is 51.7 Å². The van der Waals surface area contributed by atoms with E-state index in [0.717, 1.165) is 16.7 Å². The maximum Gasteiger partial charge on any atom is 0.419 e. The van der Waals surface area contributed by atoms with E-state index >= 15 is 0 Å². The third-order valence-electron chi connectivity index (χ3n) is 5.76. The van der Waals surface area contributed by atoms with Crippen molar-refractivity contribution in [3.63, 3.8) is 0 Å². The number of nitrogens with one attached hydrogen (secondary N) is 2. The lowest BCUT2D eigenvalue weighted by Crippen LogP contribution is -2.49. The Morgan fingerprint density at radius 1 is 1.27 bits per heavy atom. The number of amides is 1. The maximum atomic E-state index is 12.6. The summed E-state index contributed by atoms with van der Waals surface area (Å²) in [4.78, 5) is 24.3. The number of carbonyl (C=O) groups excluding carboxylic acids is 1. The quantitative estimate of drug-likeness (QED) is 0.531. The number of ether oxygens (including phenoxy) is 1. The molecule has 0 saturated carbocycles. The van der Waals surface area contributed by atoms with Gasteiger partial charge in [-0.05, 0) is 35.2 Å². The van der Waals surface area contributed by atoms with Crippen molar-refractivity contribution in [2.24, 2.45) is 7.05 Å². The van der Waals surface area contributed by atoms with Gasteiger partial charge in [-0.1, -0.05) is 30.3 Å². The number of aliphatic hydroxyl groups is 1. The number of aromatic nitrogens is 1. The van der Waals surface area contributed by atoms with Gasteiger partial charge >= 0.3 is 5.76 Å². The van der Waals surface area contributed by atoms with E-state index in [-0.39, 0.29) is 12.5 Å². The SMILES string of the molecule is Cn1c(=O)oc2ccc(-c3ccc(C[C@@H](C#N)NC(=O)[C@@H]4CNCC(O)CCO4)cc3)cc21. The van der Waals surface area contributed by atoms with E-state index in [1.165, 1.54) is 4.57 Å². The summed E-state index contributed by atoms with van der Waals surface area (Å²) in [5.74, 6) is -0.749. The molecule has 9 heteroatoms. The first kappa shape index (κ1) is 22.7. The predicted molar refractivity (Wildman–Crippen MR) is 121 cm³/mol. The zero-order valence-electron chi connectivity index (χ0n) is 18.3. The molecule has 0 bridgehead atoms. The topological polar surface area (TPSA) is 130 Å². The largest absolute Gasteiger partial charge is 0.419 e. The van der Waals surface area contributed by atoms with Crippen LogP contribution in [-0.2, 0) is 23.0 Å². The molecule has 1 aliphatic rings. The molecule has 1 saturated heterocycles. The Morgan fingerprint density at radius 2 is 2.03 bits per heavy atom. The maximum absolute atomic E-state index is 12.6. The summed E-state index contributed by atoms with van der Waals surface area (Å²) in [6.07, 6.45) is -0.382. The fraction of sp³-hybridized carbons (Fsp3) is 0.375. The monoisotopic (exact) mass is 450 g/mol. The number of aliphatic hydroxyl groups excluding tert-OH is 1. The van der Waals surface area contributed by atoms with Crippen LogP contribution in [0.4, 0.5) is 0 Å². The van der Waals surface area contributed by atoms with Crippen LogP contribution in [0, 0.1) is 11.3 Å². The van der Waals surface area contributed by atoms with Crippen molar-refractivity contribution in [3.8, 4) is 17.2 Å². The lowest BCUT2D eigenvalue weighted by molar-refractivity contribution is -0.134. The number of β-amino-alcohol motifs (C(OH)–C–C–N with tert-alkyl or cyclic N) is 1. The van der Waals surface area contributed by atoms with Crippen molar-refractivity contribution in [1.29, 1.82) is 5.26 Å². The Balaban J connectivity index is 1.40. The van der Waals surface area contributed by atoms with E-state index in [9.17, 15) is 20.0 Å². The number of carbonyl (C=O) groups is 1. The van der Waals surface area contributed by atoms with Crippen molar-refractivity contribution in [2.75, 3.05) is 19.7 Å².